The zero-order valence-electron chi connectivity index (χ0n) is 9.06. The summed E-state index contributed by atoms with van der Waals surface area (Å²) in [7, 11) is -0.870. The molecule has 0 bridgehead atoms. The second-order valence-corrected chi connectivity index (χ2v) is 5.47. The molecule has 0 aliphatic carbocycles. The number of anilines is 1. The van der Waals surface area contributed by atoms with Gasteiger partial charge in [-0.25, -0.2) is 9.18 Å². The Morgan fingerprint density at radius 2 is 2.00 bits per heavy atom. The maximum atomic E-state index is 13.7. The maximum Gasteiger partial charge on any atom is 0.337 e. The van der Waals surface area contributed by atoms with Gasteiger partial charge in [0.1, 0.15) is 5.82 Å². The van der Waals surface area contributed by atoms with Crippen LogP contribution in [-0.4, -0.2) is 39.9 Å². The van der Waals surface area contributed by atoms with Gasteiger partial charge in [-0.05, 0) is 12.1 Å². The van der Waals surface area contributed by atoms with E-state index in [1.54, 1.807) is 4.90 Å². The zero-order chi connectivity index (χ0) is 12.4. The van der Waals surface area contributed by atoms with Gasteiger partial charge in [0.25, 0.3) is 0 Å². The van der Waals surface area contributed by atoms with Gasteiger partial charge in [-0.1, -0.05) is 6.07 Å². The van der Waals surface area contributed by atoms with E-state index < -0.39 is 22.6 Å². The molecule has 1 aromatic carbocycles. The first-order chi connectivity index (χ1) is 8.09. The van der Waals surface area contributed by atoms with Gasteiger partial charge < -0.3 is 10.0 Å². The number of hydrogen-bond donors (Lipinski definition) is 1. The third-order valence-electron chi connectivity index (χ3n) is 2.71. The van der Waals surface area contributed by atoms with E-state index >= 15 is 0 Å². The quantitative estimate of drug-likeness (QED) is 0.861. The number of aromatic carboxylic acids is 1. The number of benzene rings is 1. The minimum Gasteiger partial charge on any atom is -0.478 e. The van der Waals surface area contributed by atoms with Crippen LogP contribution in [0, 0.1) is 5.82 Å². The van der Waals surface area contributed by atoms with Crippen molar-refractivity contribution in [2.24, 2.45) is 0 Å². The molecule has 0 atom stereocenters. The smallest absolute Gasteiger partial charge is 0.337 e. The van der Waals surface area contributed by atoms with Crippen LogP contribution in [0.15, 0.2) is 18.2 Å². The number of rotatable bonds is 2. The van der Waals surface area contributed by atoms with Crippen LogP contribution >= 0.6 is 0 Å². The molecule has 92 valence electrons. The summed E-state index contributed by atoms with van der Waals surface area (Å²) in [6.45, 7) is 0.849. The first-order valence-corrected chi connectivity index (χ1v) is 6.70. The van der Waals surface area contributed by atoms with Crippen LogP contribution < -0.4 is 4.90 Å². The Hall–Kier alpha value is -1.43. The molecular formula is C11H12FNO3S. The van der Waals surface area contributed by atoms with E-state index in [4.69, 9.17) is 5.11 Å². The van der Waals surface area contributed by atoms with Gasteiger partial charge in [-0.15, -0.1) is 0 Å². The van der Waals surface area contributed by atoms with Crippen molar-refractivity contribution in [3.8, 4) is 0 Å². The number of nitrogens with zero attached hydrogens (tertiary/aromatic N) is 1. The molecule has 0 radical (unpaired) electrons. The van der Waals surface area contributed by atoms with Crippen molar-refractivity contribution in [3.05, 3.63) is 29.6 Å². The van der Waals surface area contributed by atoms with Gasteiger partial charge in [0, 0.05) is 35.4 Å². The van der Waals surface area contributed by atoms with Crippen molar-refractivity contribution in [1.82, 2.24) is 0 Å². The number of para-hydroxylation sites is 1. The van der Waals surface area contributed by atoms with Crippen LogP contribution in [-0.2, 0) is 10.8 Å². The van der Waals surface area contributed by atoms with Crippen LogP contribution in [0.5, 0.6) is 0 Å². The Kier molecular flexibility index (Phi) is 3.42. The fourth-order valence-corrected chi connectivity index (χ4v) is 2.92. The molecule has 0 unspecified atom stereocenters. The van der Waals surface area contributed by atoms with Crippen LogP contribution in [0.1, 0.15) is 10.4 Å². The molecular weight excluding hydrogens is 245 g/mol. The molecule has 1 aromatic rings. The van der Waals surface area contributed by atoms with E-state index in [1.807, 2.05) is 0 Å². The number of carboxylic acid groups (broad SMARTS) is 1. The van der Waals surface area contributed by atoms with Crippen molar-refractivity contribution < 1.29 is 18.5 Å². The van der Waals surface area contributed by atoms with E-state index in [9.17, 15) is 13.4 Å². The van der Waals surface area contributed by atoms with Gasteiger partial charge in [0.05, 0.1) is 11.3 Å². The highest BCUT2D eigenvalue weighted by Gasteiger charge is 2.23. The highest BCUT2D eigenvalue weighted by molar-refractivity contribution is 7.85. The predicted molar refractivity (Wildman–Crippen MR) is 63.4 cm³/mol. The van der Waals surface area contributed by atoms with Gasteiger partial charge in [0.15, 0.2) is 0 Å². The van der Waals surface area contributed by atoms with Crippen molar-refractivity contribution in [2.75, 3.05) is 29.5 Å². The molecule has 1 N–H and O–H groups in total. The third kappa shape index (κ3) is 2.46. The van der Waals surface area contributed by atoms with Gasteiger partial charge in [-0.2, -0.15) is 0 Å². The number of carboxylic acids is 1. The SMILES string of the molecule is O=C(O)c1cccc(F)c1N1CCS(=O)CC1. The Morgan fingerprint density at radius 3 is 2.59 bits per heavy atom. The van der Waals surface area contributed by atoms with Crippen molar-refractivity contribution in [2.45, 2.75) is 0 Å². The average Bonchev–Trinajstić information content (AvgIpc) is 2.30. The normalized spacial score (nSPS) is 17.1. The second-order valence-electron chi connectivity index (χ2n) is 3.78. The second kappa shape index (κ2) is 4.83. The predicted octanol–water partition coefficient (Wildman–Crippen LogP) is 1.09. The van der Waals surface area contributed by atoms with E-state index in [0.717, 1.165) is 0 Å². The van der Waals surface area contributed by atoms with Gasteiger partial charge >= 0.3 is 5.97 Å². The Morgan fingerprint density at radius 1 is 1.35 bits per heavy atom. The van der Waals surface area contributed by atoms with E-state index in [1.165, 1.54) is 18.2 Å². The van der Waals surface area contributed by atoms with Crippen molar-refractivity contribution >= 4 is 22.5 Å². The largest absolute Gasteiger partial charge is 0.478 e. The lowest BCUT2D eigenvalue weighted by Crippen LogP contribution is -2.39. The summed E-state index contributed by atoms with van der Waals surface area (Å²) in [5.41, 5.74) is 0.0642. The summed E-state index contributed by atoms with van der Waals surface area (Å²) in [6.07, 6.45) is 0. The molecule has 6 heteroatoms. The molecule has 1 heterocycles. The summed E-state index contributed by atoms with van der Waals surface area (Å²) in [4.78, 5) is 12.7. The summed E-state index contributed by atoms with van der Waals surface area (Å²) < 4.78 is 24.9. The topological polar surface area (TPSA) is 57.6 Å². The minimum atomic E-state index is -1.15. The fourth-order valence-electron chi connectivity index (χ4n) is 1.87. The Bertz CT molecular complexity index is 468. The molecule has 0 aromatic heterocycles. The van der Waals surface area contributed by atoms with Crippen LogP contribution in [0.2, 0.25) is 0 Å². The highest BCUT2D eigenvalue weighted by Crippen LogP contribution is 2.25. The van der Waals surface area contributed by atoms with Gasteiger partial charge in [0.2, 0.25) is 0 Å². The highest BCUT2D eigenvalue weighted by atomic mass is 32.2. The third-order valence-corrected chi connectivity index (χ3v) is 3.99. The first-order valence-electron chi connectivity index (χ1n) is 5.21. The molecule has 1 fully saturated rings. The number of carbonyl (C=O) groups is 1. The number of hydrogen-bond acceptors (Lipinski definition) is 3. The fraction of sp³-hybridized carbons (Fsp3) is 0.364. The van der Waals surface area contributed by atoms with Crippen molar-refractivity contribution in [1.29, 1.82) is 0 Å². The molecule has 4 nitrogen and oxygen atoms in total. The average molecular weight is 257 g/mol. The number of halogens is 1. The molecule has 1 aliphatic heterocycles. The molecule has 2 rings (SSSR count). The maximum absolute atomic E-state index is 13.7. The molecule has 1 aliphatic rings. The summed E-state index contributed by atoms with van der Waals surface area (Å²) >= 11 is 0. The van der Waals surface area contributed by atoms with E-state index in [-0.39, 0.29) is 11.3 Å². The van der Waals surface area contributed by atoms with Crippen molar-refractivity contribution in [3.63, 3.8) is 0 Å². The lowest BCUT2D eigenvalue weighted by molar-refractivity contribution is 0.0697. The molecule has 0 amide bonds. The van der Waals surface area contributed by atoms with E-state index in [2.05, 4.69) is 0 Å². The minimum absolute atomic E-state index is 0.0438. The van der Waals surface area contributed by atoms with Gasteiger partial charge in [-0.3, -0.25) is 4.21 Å². The summed E-state index contributed by atoms with van der Waals surface area (Å²) in [6, 6.07) is 4.00. The summed E-state index contributed by atoms with van der Waals surface area (Å²) in [5, 5.41) is 9.02. The molecule has 0 saturated carbocycles. The Balaban J connectivity index is 2.36. The standard InChI is InChI=1S/C11H12FNO3S/c12-9-3-1-2-8(11(14)15)10(9)13-4-6-17(16)7-5-13/h1-3H,4-7H2,(H,14,15). The monoisotopic (exact) mass is 257 g/mol. The van der Waals surface area contributed by atoms with Crippen LogP contribution in [0.3, 0.4) is 0 Å². The lowest BCUT2D eigenvalue weighted by Gasteiger charge is -2.29. The van der Waals surface area contributed by atoms with Crippen LogP contribution in [0.4, 0.5) is 10.1 Å². The first kappa shape index (κ1) is 12.0. The van der Waals surface area contributed by atoms with Crippen LogP contribution in [0.25, 0.3) is 0 Å². The van der Waals surface area contributed by atoms with E-state index in [0.29, 0.717) is 24.6 Å². The lowest BCUT2D eigenvalue weighted by atomic mass is 10.1. The molecule has 0 spiro atoms. The zero-order valence-corrected chi connectivity index (χ0v) is 9.87. The molecule has 17 heavy (non-hydrogen) atoms. The summed E-state index contributed by atoms with van der Waals surface area (Å²) in [5.74, 6) is -0.787. The molecule has 1 saturated heterocycles. The Labute approximate surface area is 101 Å².